The first-order valence-corrected chi connectivity index (χ1v) is 4.47. The molecule has 0 aromatic rings. The van der Waals surface area contributed by atoms with Crippen molar-refractivity contribution < 1.29 is 4.79 Å². The Morgan fingerprint density at radius 3 is 2.69 bits per heavy atom. The predicted molar refractivity (Wildman–Crippen MR) is 53.9 cm³/mol. The molecule has 0 aliphatic rings. The SMILES string of the molecule is C#CCC(C)NC(=O)C(C)(N)CC. The van der Waals surface area contributed by atoms with Crippen molar-refractivity contribution in [2.75, 3.05) is 0 Å². The molecule has 0 radical (unpaired) electrons. The van der Waals surface area contributed by atoms with E-state index in [2.05, 4.69) is 11.2 Å². The molecule has 3 N–H and O–H groups in total. The molecule has 0 saturated heterocycles. The van der Waals surface area contributed by atoms with Crippen LogP contribution in [0.3, 0.4) is 0 Å². The summed E-state index contributed by atoms with van der Waals surface area (Å²) in [7, 11) is 0. The lowest BCUT2D eigenvalue weighted by atomic mass is 9.99. The van der Waals surface area contributed by atoms with E-state index in [0.717, 1.165) is 0 Å². The minimum Gasteiger partial charge on any atom is -0.351 e. The van der Waals surface area contributed by atoms with E-state index >= 15 is 0 Å². The van der Waals surface area contributed by atoms with Gasteiger partial charge in [-0.2, -0.15) is 0 Å². The third kappa shape index (κ3) is 3.95. The summed E-state index contributed by atoms with van der Waals surface area (Å²) in [6.45, 7) is 5.46. The summed E-state index contributed by atoms with van der Waals surface area (Å²) in [5.41, 5.74) is 4.95. The van der Waals surface area contributed by atoms with Crippen LogP contribution in [-0.4, -0.2) is 17.5 Å². The van der Waals surface area contributed by atoms with Gasteiger partial charge < -0.3 is 11.1 Å². The van der Waals surface area contributed by atoms with E-state index in [4.69, 9.17) is 12.2 Å². The van der Waals surface area contributed by atoms with Crippen LogP contribution in [0.25, 0.3) is 0 Å². The van der Waals surface area contributed by atoms with Crippen LogP contribution < -0.4 is 11.1 Å². The summed E-state index contributed by atoms with van der Waals surface area (Å²) >= 11 is 0. The van der Waals surface area contributed by atoms with Gasteiger partial charge in [-0.15, -0.1) is 12.3 Å². The van der Waals surface area contributed by atoms with Gasteiger partial charge in [0.25, 0.3) is 0 Å². The number of terminal acetylenes is 1. The number of carbonyl (C=O) groups is 1. The lowest BCUT2D eigenvalue weighted by molar-refractivity contribution is -0.126. The van der Waals surface area contributed by atoms with Crippen molar-refractivity contribution in [2.45, 2.75) is 45.2 Å². The Morgan fingerprint density at radius 1 is 1.77 bits per heavy atom. The van der Waals surface area contributed by atoms with Crippen LogP contribution in [0.15, 0.2) is 0 Å². The van der Waals surface area contributed by atoms with Gasteiger partial charge >= 0.3 is 0 Å². The van der Waals surface area contributed by atoms with Crippen LogP contribution in [0.4, 0.5) is 0 Å². The maximum Gasteiger partial charge on any atom is 0.240 e. The Morgan fingerprint density at radius 2 is 2.31 bits per heavy atom. The lowest BCUT2D eigenvalue weighted by Gasteiger charge is -2.23. The molecule has 3 heteroatoms. The number of hydrogen-bond donors (Lipinski definition) is 2. The second-order valence-corrected chi connectivity index (χ2v) is 3.55. The van der Waals surface area contributed by atoms with E-state index in [1.807, 2.05) is 13.8 Å². The normalized spacial score (nSPS) is 16.8. The van der Waals surface area contributed by atoms with Crippen LogP contribution >= 0.6 is 0 Å². The van der Waals surface area contributed by atoms with Crippen molar-refractivity contribution in [2.24, 2.45) is 5.73 Å². The summed E-state index contributed by atoms with van der Waals surface area (Å²) in [5, 5.41) is 2.77. The second-order valence-electron chi connectivity index (χ2n) is 3.55. The highest BCUT2D eigenvalue weighted by Gasteiger charge is 2.26. The van der Waals surface area contributed by atoms with Crippen molar-refractivity contribution in [1.29, 1.82) is 0 Å². The molecule has 0 aliphatic heterocycles. The molecule has 0 fully saturated rings. The average molecular weight is 182 g/mol. The first kappa shape index (κ1) is 12.0. The van der Waals surface area contributed by atoms with Gasteiger partial charge in [-0.25, -0.2) is 0 Å². The first-order chi connectivity index (χ1) is 5.94. The Kier molecular flexibility index (Phi) is 4.50. The summed E-state index contributed by atoms with van der Waals surface area (Å²) in [6, 6.07) is -0.00748. The van der Waals surface area contributed by atoms with Gasteiger partial charge in [-0.05, 0) is 20.3 Å². The van der Waals surface area contributed by atoms with Crippen LogP contribution in [0.1, 0.15) is 33.6 Å². The fourth-order valence-corrected chi connectivity index (χ4v) is 0.777. The van der Waals surface area contributed by atoms with E-state index in [1.54, 1.807) is 6.92 Å². The van der Waals surface area contributed by atoms with Crippen molar-refractivity contribution in [1.82, 2.24) is 5.32 Å². The zero-order chi connectivity index (χ0) is 10.5. The molecule has 3 nitrogen and oxygen atoms in total. The van der Waals surface area contributed by atoms with Gasteiger partial charge in [0.05, 0.1) is 5.54 Å². The third-order valence-electron chi connectivity index (χ3n) is 2.05. The standard InChI is InChI=1S/C10H18N2O/c1-5-7-8(3)12-9(13)10(4,11)6-2/h1,8H,6-7,11H2,2-4H3,(H,12,13). The van der Waals surface area contributed by atoms with Gasteiger partial charge in [-0.3, -0.25) is 4.79 Å². The van der Waals surface area contributed by atoms with E-state index in [0.29, 0.717) is 12.8 Å². The topological polar surface area (TPSA) is 55.1 Å². The zero-order valence-electron chi connectivity index (χ0n) is 8.55. The van der Waals surface area contributed by atoms with Crippen molar-refractivity contribution in [3.05, 3.63) is 0 Å². The molecule has 0 bridgehead atoms. The van der Waals surface area contributed by atoms with E-state index in [-0.39, 0.29) is 11.9 Å². The van der Waals surface area contributed by atoms with E-state index in [1.165, 1.54) is 0 Å². The molecule has 0 aromatic carbocycles. The monoisotopic (exact) mass is 182 g/mol. The molecular formula is C10H18N2O. The van der Waals surface area contributed by atoms with Crippen molar-refractivity contribution in [3.63, 3.8) is 0 Å². The Hall–Kier alpha value is -1.01. The number of rotatable bonds is 4. The first-order valence-electron chi connectivity index (χ1n) is 4.47. The van der Waals surface area contributed by atoms with Gasteiger partial charge in [0.2, 0.25) is 5.91 Å². The fraction of sp³-hybridized carbons (Fsp3) is 0.700. The highest BCUT2D eigenvalue weighted by Crippen LogP contribution is 2.05. The summed E-state index contributed by atoms with van der Waals surface area (Å²) in [5.74, 6) is 2.35. The molecule has 13 heavy (non-hydrogen) atoms. The Balaban J connectivity index is 4.09. The van der Waals surface area contributed by atoms with E-state index < -0.39 is 5.54 Å². The summed E-state index contributed by atoms with van der Waals surface area (Å²) in [4.78, 5) is 11.5. The van der Waals surface area contributed by atoms with Gasteiger partial charge in [0, 0.05) is 12.5 Å². The van der Waals surface area contributed by atoms with Crippen LogP contribution in [-0.2, 0) is 4.79 Å². The van der Waals surface area contributed by atoms with Crippen LogP contribution in [0, 0.1) is 12.3 Å². The fourth-order valence-electron chi connectivity index (χ4n) is 0.777. The number of nitrogens with two attached hydrogens (primary N) is 1. The lowest BCUT2D eigenvalue weighted by Crippen LogP contribution is -2.53. The summed E-state index contributed by atoms with van der Waals surface area (Å²) in [6.07, 6.45) is 6.26. The molecule has 0 aliphatic carbocycles. The molecule has 0 rings (SSSR count). The van der Waals surface area contributed by atoms with E-state index in [9.17, 15) is 4.79 Å². The average Bonchev–Trinajstić information content (AvgIpc) is 2.04. The Labute approximate surface area is 80.1 Å². The number of hydrogen-bond acceptors (Lipinski definition) is 2. The number of carbonyl (C=O) groups excluding carboxylic acids is 1. The third-order valence-corrected chi connectivity index (χ3v) is 2.05. The molecule has 0 aromatic heterocycles. The van der Waals surface area contributed by atoms with Gasteiger partial charge in [0.1, 0.15) is 0 Å². The minimum atomic E-state index is -0.789. The van der Waals surface area contributed by atoms with Gasteiger partial charge in [0.15, 0.2) is 0 Å². The number of nitrogens with one attached hydrogen (secondary N) is 1. The quantitative estimate of drug-likeness (QED) is 0.627. The van der Waals surface area contributed by atoms with Crippen molar-refractivity contribution >= 4 is 5.91 Å². The molecule has 0 spiro atoms. The maximum absolute atomic E-state index is 11.5. The van der Waals surface area contributed by atoms with Gasteiger partial charge in [-0.1, -0.05) is 6.92 Å². The highest BCUT2D eigenvalue weighted by atomic mass is 16.2. The molecular weight excluding hydrogens is 164 g/mol. The van der Waals surface area contributed by atoms with Crippen LogP contribution in [0.2, 0.25) is 0 Å². The van der Waals surface area contributed by atoms with Crippen LogP contribution in [0.5, 0.6) is 0 Å². The molecule has 2 atom stereocenters. The molecule has 2 unspecified atom stereocenters. The second kappa shape index (κ2) is 4.88. The summed E-state index contributed by atoms with van der Waals surface area (Å²) < 4.78 is 0. The predicted octanol–water partition coefficient (Wildman–Crippen LogP) is 0.642. The molecule has 0 saturated carbocycles. The smallest absolute Gasteiger partial charge is 0.240 e. The highest BCUT2D eigenvalue weighted by molar-refractivity contribution is 5.85. The Bertz CT molecular complexity index is 215. The van der Waals surface area contributed by atoms with Crippen molar-refractivity contribution in [3.8, 4) is 12.3 Å². The largest absolute Gasteiger partial charge is 0.351 e. The molecule has 74 valence electrons. The number of amides is 1. The molecule has 0 heterocycles. The zero-order valence-corrected chi connectivity index (χ0v) is 8.55. The molecule has 1 amide bonds. The maximum atomic E-state index is 11.5. The minimum absolute atomic E-state index is 0.00748.